The van der Waals surface area contributed by atoms with Crippen molar-refractivity contribution in [2.75, 3.05) is 13.7 Å². The van der Waals surface area contributed by atoms with Gasteiger partial charge in [-0.3, -0.25) is 14.5 Å². The fraction of sp³-hybridized carbons (Fsp3) is 0.583. The third kappa shape index (κ3) is 3.41. The lowest BCUT2D eigenvalue weighted by Crippen LogP contribution is -2.40. The van der Waals surface area contributed by atoms with Crippen molar-refractivity contribution < 1.29 is 19.1 Å². The summed E-state index contributed by atoms with van der Waals surface area (Å²) in [7, 11) is 1.31. The second kappa shape index (κ2) is 6.18. The van der Waals surface area contributed by atoms with Gasteiger partial charge in [0.05, 0.1) is 7.11 Å². The lowest BCUT2D eigenvalue weighted by atomic mass is 10.1. The smallest absolute Gasteiger partial charge is 0.333 e. The Morgan fingerprint density at radius 2 is 1.94 bits per heavy atom. The zero-order valence-corrected chi connectivity index (χ0v) is 10.2. The molecule has 0 bridgehead atoms. The van der Waals surface area contributed by atoms with E-state index in [0.717, 1.165) is 0 Å². The highest BCUT2D eigenvalue weighted by Gasteiger charge is 2.24. The quantitative estimate of drug-likeness (QED) is 0.417. The molecule has 5 nitrogen and oxygen atoms in total. The number of imide groups is 1. The number of piperidine rings is 1. The number of hydrogen-bond acceptors (Lipinski definition) is 4. The third-order valence-corrected chi connectivity index (χ3v) is 2.73. The first-order valence-electron chi connectivity index (χ1n) is 5.70. The molecule has 1 saturated heterocycles. The molecule has 1 aliphatic rings. The molecule has 1 aliphatic heterocycles. The highest BCUT2D eigenvalue weighted by molar-refractivity contribution is 5.98. The van der Waals surface area contributed by atoms with Crippen molar-refractivity contribution in [1.82, 2.24) is 4.90 Å². The van der Waals surface area contributed by atoms with Crippen molar-refractivity contribution in [2.24, 2.45) is 0 Å². The molecule has 0 aromatic carbocycles. The molecule has 5 heteroatoms. The van der Waals surface area contributed by atoms with Crippen molar-refractivity contribution in [2.45, 2.75) is 32.6 Å². The molecule has 0 saturated carbocycles. The normalized spacial score (nSPS) is 17.3. The van der Waals surface area contributed by atoms with E-state index in [1.165, 1.54) is 12.0 Å². The summed E-state index contributed by atoms with van der Waals surface area (Å²) >= 11 is 0. The summed E-state index contributed by atoms with van der Waals surface area (Å²) < 4.78 is 4.60. The summed E-state index contributed by atoms with van der Waals surface area (Å²) in [5.41, 5.74) is 0.485. The lowest BCUT2D eigenvalue weighted by Gasteiger charge is -2.23. The second-order valence-electron chi connectivity index (χ2n) is 3.83. The Morgan fingerprint density at radius 1 is 1.35 bits per heavy atom. The predicted molar refractivity (Wildman–Crippen MR) is 61.0 cm³/mol. The van der Waals surface area contributed by atoms with Crippen LogP contribution in [0, 0.1) is 0 Å². The number of nitrogens with zero attached hydrogens (tertiary/aromatic N) is 1. The summed E-state index contributed by atoms with van der Waals surface area (Å²) in [6.07, 6.45) is 3.53. The van der Waals surface area contributed by atoms with Gasteiger partial charge in [-0.05, 0) is 12.8 Å². The Bertz CT molecular complexity index is 344. The maximum Gasteiger partial charge on any atom is 0.333 e. The van der Waals surface area contributed by atoms with Gasteiger partial charge in [-0.25, -0.2) is 4.79 Å². The van der Waals surface area contributed by atoms with E-state index in [9.17, 15) is 14.4 Å². The molecule has 0 unspecified atom stereocenters. The molecule has 2 amide bonds. The maximum absolute atomic E-state index is 11.5. The Morgan fingerprint density at radius 3 is 2.41 bits per heavy atom. The molecule has 0 N–H and O–H groups in total. The van der Waals surface area contributed by atoms with Crippen LogP contribution in [0.1, 0.15) is 32.6 Å². The molecule has 1 fully saturated rings. The monoisotopic (exact) mass is 239 g/mol. The van der Waals surface area contributed by atoms with Gasteiger partial charge in [-0.1, -0.05) is 13.0 Å². The van der Waals surface area contributed by atoms with Crippen LogP contribution in [0.5, 0.6) is 0 Å². The molecule has 0 aromatic heterocycles. The van der Waals surface area contributed by atoms with Gasteiger partial charge in [0, 0.05) is 25.0 Å². The fourth-order valence-corrected chi connectivity index (χ4v) is 1.71. The van der Waals surface area contributed by atoms with Crippen molar-refractivity contribution >= 4 is 17.8 Å². The van der Waals surface area contributed by atoms with E-state index in [-0.39, 0.29) is 18.4 Å². The first-order chi connectivity index (χ1) is 8.10. The minimum Gasteiger partial charge on any atom is -0.466 e. The lowest BCUT2D eigenvalue weighted by molar-refractivity contribution is -0.147. The first kappa shape index (κ1) is 13.4. The van der Waals surface area contributed by atoms with Crippen LogP contribution in [0.3, 0.4) is 0 Å². The van der Waals surface area contributed by atoms with Crippen LogP contribution in [0.4, 0.5) is 0 Å². The van der Waals surface area contributed by atoms with E-state index in [2.05, 4.69) is 4.74 Å². The number of esters is 1. The van der Waals surface area contributed by atoms with Crippen LogP contribution in [-0.2, 0) is 19.1 Å². The molecule has 94 valence electrons. The van der Waals surface area contributed by atoms with Crippen LogP contribution < -0.4 is 0 Å². The number of amides is 2. The van der Waals surface area contributed by atoms with Crippen molar-refractivity contribution in [3.8, 4) is 0 Å². The predicted octanol–water partition coefficient (Wildman–Crippen LogP) is 1.03. The molecule has 0 atom stereocenters. The van der Waals surface area contributed by atoms with Crippen LogP contribution in [0.2, 0.25) is 0 Å². The molecule has 1 rings (SSSR count). The van der Waals surface area contributed by atoms with Gasteiger partial charge in [-0.15, -0.1) is 0 Å². The van der Waals surface area contributed by atoms with Crippen LogP contribution in [0.25, 0.3) is 0 Å². The molecule has 1 heterocycles. The van der Waals surface area contributed by atoms with Gasteiger partial charge < -0.3 is 4.74 Å². The molecular weight excluding hydrogens is 222 g/mol. The number of carbonyl (C=O) groups excluding carboxylic acids is 3. The number of methoxy groups -OCH3 is 1. The SMILES string of the molecule is CCC(=CCN1C(=O)CCCC1=O)C(=O)OC. The largest absolute Gasteiger partial charge is 0.466 e. The molecule has 0 radical (unpaired) electrons. The Balaban J connectivity index is 2.69. The third-order valence-electron chi connectivity index (χ3n) is 2.73. The summed E-state index contributed by atoms with van der Waals surface area (Å²) in [4.78, 5) is 35.5. The number of ether oxygens (including phenoxy) is 1. The Hall–Kier alpha value is -1.65. The average molecular weight is 239 g/mol. The summed E-state index contributed by atoms with van der Waals surface area (Å²) in [5.74, 6) is -0.750. The van der Waals surface area contributed by atoms with Crippen molar-refractivity contribution in [3.63, 3.8) is 0 Å². The number of hydrogen-bond donors (Lipinski definition) is 0. The van der Waals surface area contributed by atoms with Gasteiger partial charge in [0.25, 0.3) is 0 Å². The topological polar surface area (TPSA) is 63.7 Å². The maximum atomic E-state index is 11.5. The minimum atomic E-state index is -0.413. The van der Waals surface area contributed by atoms with E-state index < -0.39 is 5.97 Å². The molecular formula is C12H17NO4. The average Bonchev–Trinajstić information content (AvgIpc) is 2.32. The van der Waals surface area contributed by atoms with E-state index in [4.69, 9.17) is 0 Å². The molecule has 0 aromatic rings. The zero-order valence-electron chi connectivity index (χ0n) is 10.2. The first-order valence-corrected chi connectivity index (χ1v) is 5.70. The summed E-state index contributed by atoms with van der Waals surface area (Å²) in [6.45, 7) is 1.98. The van der Waals surface area contributed by atoms with Crippen molar-refractivity contribution in [1.29, 1.82) is 0 Å². The summed E-state index contributed by atoms with van der Waals surface area (Å²) in [5, 5.41) is 0. The molecule has 0 spiro atoms. The van der Waals surface area contributed by atoms with Gasteiger partial charge in [0.1, 0.15) is 0 Å². The van der Waals surface area contributed by atoms with Crippen molar-refractivity contribution in [3.05, 3.63) is 11.6 Å². The Kier molecular flexibility index (Phi) is 4.87. The van der Waals surface area contributed by atoms with E-state index in [1.54, 1.807) is 6.08 Å². The highest BCUT2D eigenvalue weighted by Crippen LogP contribution is 2.13. The zero-order chi connectivity index (χ0) is 12.8. The van der Waals surface area contributed by atoms with E-state index in [1.807, 2.05) is 6.92 Å². The standard InChI is InChI=1S/C12H17NO4/c1-3-9(12(16)17-2)7-8-13-10(14)5-4-6-11(13)15/h7H,3-6,8H2,1-2H3. The van der Waals surface area contributed by atoms with Gasteiger partial charge in [-0.2, -0.15) is 0 Å². The van der Waals surface area contributed by atoms with Gasteiger partial charge in [0.2, 0.25) is 11.8 Å². The van der Waals surface area contributed by atoms with Gasteiger partial charge in [0.15, 0.2) is 0 Å². The van der Waals surface area contributed by atoms with E-state index in [0.29, 0.717) is 31.3 Å². The molecule has 0 aliphatic carbocycles. The molecule has 17 heavy (non-hydrogen) atoms. The Labute approximate surface area is 100 Å². The minimum absolute atomic E-state index is 0.163. The van der Waals surface area contributed by atoms with Crippen LogP contribution >= 0.6 is 0 Å². The number of likely N-dealkylation sites (tertiary alicyclic amines) is 1. The van der Waals surface area contributed by atoms with E-state index >= 15 is 0 Å². The number of rotatable bonds is 4. The number of carbonyl (C=O) groups is 3. The van der Waals surface area contributed by atoms with Crippen LogP contribution in [0.15, 0.2) is 11.6 Å². The second-order valence-corrected chi connectivity index (χ2v) is 3.83. The highest BCUT2D eigenvalue weighted by atomic mass is 16.5. The van der Waals surface area contributed by atoms with Gasteiger partial charge >= 0.3 is 5.97 Å². The summed E-state index contributed by atoms with van der Waals surface area (Å²) in [6, 6.07) is 0. The van der Waals surface area contributed by atoms with Crippen LogP contribution in [-0.4, -0.2) is 36.3 Å². The fourth-order valence-electron chi connectivity index (χ4n) is 1.71.